The van der Waals surface area contributed by atoms with Gasteiger partial charge in [-0.15, -0.1) is 0 Å². The van der Waals surface area contributed by atoms with Crippen LogP contribution in [0.3, 0.4) is 0 Å². The van der Waals surface area contributed by atoms with Crippen LogP contribution in [0, 0.1) is 5.82 Å². The standard InChI is InChI=1S/C23H22FN5O4/c24-14-2-5-18(27-9-14)23(11-26-12-23)10-25-8-13-1-3-15-16(7-13)22(33)29(21(15)32)17-4-6-19(30)28-20(17)31/h1-3,5,7,9,17,25-26H,4,6,8,10-12H2,(H,28,30,31). The van der Waals surface area contributed by atoms with Gasteiger partial charge in [0, 0.05) is 38.0 Å². The molecule has 0 saturated carbocycles. The Hall–Kier alpha value is -3.50. The van der Waals surface area contributed by atoms with E-state index >= 15 is 0 Å². The average Bonchev–Trinajstić information content (AvgIpc) is 3.01. The summed E-state index contributed by atoms with van der Waals surface area (Å²) in [6, 6.07) is 7.15. The van der Waals surface area contributed by atoms with E-state index < -0.39 is 29.7 Å². The van der Waals surface area contributed by atoms with Crippen molar-refractivity contribution < 1.29 is 23.6 Å². The number of carbonyl (C=O) groups excluding carboxylic acids is 4. The molecule has 9 nitrogen and oxygen atoms in total. The van der Waals surface area contributed by atoms with E-state index in [9.17, 15) is 23.6 Å². The van der Waals surface area contributed by atoms with Crippen molar-refractivity contribution in [2.24, 2.45) is 0 Å². The third-order valence-corrected chi connectivity index (χ3v) is 6.49. The lowest BCUT2D eigenvalue weighted by atomic mass is 9.78. The Morgan fingerprint density at radius 1 is 1.09 bits per heavy atom. The fraction of sp³-hybridized carbons (Fsp3) is 0.348. The molecule has 1 atom stereocenters. The minimum absolute atomic E-state index is 0.0818. The Labute approximate surface area is 188 Å². The van der Waals surface area contributed by atoms with E-state index in [0.717, 1.165) is 29.2 Å². The summed E-state index contributed by atoms with van der Waals surface area (Å²) in [6.07, 6.45) is 1.42. The number of piperidine rings is 1. The van der Waals surface area contributed by atoms with Crippen molar-refractivity contribution in [1.29, 1.82) is 0 Å². The molecule has 3 aliphatic rings. The second-order valence-electron chi connectivity index (χ2n) is 8.68. The number of fused-ring (bicyclic) bond motifs is 1. The Balaban J connectivity index is 1.27. The summed E-state index contributed by atoms with van der Waals surface area (Å²) in [5.41, 5.74) is 1.89. The molecular weight excluding hydrogens is 429 g/mol. The van der Waals surface area contributed by atoms with Crippen molar-refractivity contribution in [3.8, 4) is 0 Å². The quantitative estimate of drug-likeness (QED) is 0.539. The van der Waals surface area contributed by atoms with E-state index in [1.807, 2.05) is 0 Å². The predicted octanol–water partition coefficient (Wildman–Crippen LogP) is 0.253. The molecule has 1 aromatic carbocycles. The molecule has 10 heteroatoms. The van der Waals surface area contributed by atoms with Crippen LogP contribution < -0.4 is 16.0 Å². The first-order valence-electron chi connectivity index (χ1n) is 10.8. The van der Waals surface area contributed by atoms with Gasteiger partial charge in [-0.2, -0.15) is 0 Å². The van der Waals surface area contributed by atoms with Crippen LogP contribution in [0.2, 0.25) is 0 Å². The minimum atomic E-state index is -0.981. The van der Waals surface area contributed by atoms with Gasteiger partial charge in [-0.05, 0) is 36.2 Å². The van der Waals surface area contributed by atoms with Gasteiger partial charge in [-0.25, -0.2) is 4.39 Å². The number of nitrogens with one attached hydrogen (secondary N) is 3. The number of aromatic nitrogens is 1. The average molecular weight is 451 g/mol. The third kappa shape index (κ3) is 3.70. The highest BCUT2D eigenvalue weighted by Crippen LogP contribution is 2.29. The first-order chi connectivity index (χ1) is 15.9. The molecule has 0 radical (unpaired) electrons. The maximum atomic E-state index is 13.2. The zero-order chi connectivity index (χ0) is 23.2. The van der Waals surface area contributed by atoms with Crippen LogP contribution in [0.15, 0.2) is 36.5 Å². The normalized spacial score (nSPS) is 21.6. The molecule has 4 amide bonds. The summed E-state index contributed by atoms with van der Waals surface area (Å²) < 4.78 is 13.2. The lowest BCUT2D eigenvalue weighted by Gasteiger charge is -2.42. The number of nitrogens with zero attached hydrogens (tertiary/aromatic N) is 2. The highest BCUT2D eigenvalue weighted by atomic mass is 19.1. The van der Waals surface area contributed by atoms with Crippen LogP contribution in [0.25, 0.3) is 0 Å². The second-order valence-corrected chi connectivity index (χ2v) is 8.68. The van der Waals surface area contributed by atoms with E-state index in [0.29, 0.717) is 13.1 Å². The molecule has 0 aliphatic carbocycles. The zero-order valence-corrected chi connectivity index (χ0v) is 17.7. The number of hydrogen-bond acceptors (Lipinski definition) is 7. The van der Waals surface area contributed by atoms with Crippen LogP contribution in [-0.4, -0.2) is 59.2 Å². The molecule has 33 heavy (non-hydrogen) atoms. The summed E-state index contributed by atoms with van der Waals surface area (Å²) in [6.45, 7) is 2.49. The Bertz CT molecular complexity index is 1160. The Morgan fingerprint density at radius 2 is 1.88 bits per heavy atom. The van der Waals surface area contributed by atoms with Crippen molar-refractivity contribution in [1.82, 2.24) is 25.8 Å². The number of carbonyl (C=O) groups is 4. The van der Waals surface area contributed by atoms with Crippen LogP contribution in [0.1, 0.15) is 44.8 Å². The van der Waals surface area contributed by atoms with E-state index in [2.05, 4.69) is 20.9 Å². The molecule has 0 bridgehead atoms. The fourth-order valence-corrected chi connectivity index (χ4v) is 4.59. The van der Waals surface area contributed by atoms with Gasteiger partial charge in [-0.1, -0.05) is 6.07 Å². The van der Waals surface area contributed by atoms with Crippen molar-refractivity contribution >= 4 is 23.6 Å². The molecule has 2 saturated heterocycles. The van der Waals surface area contributed by atoms with Crippen LogP contribution in [-0.2, 0) is 21.5 Å². The summed E-state index contributed by atoms with van der Waals surface area (Å²) in [5.74, 6) is -2.46. The monoisotopic (exact) mass is 451 g/mol. The van der Waals surface area contributed by atoms with E-state index in [-0.39, 0.29) is 35.2 Å². The van der Waals surface area contributed by atoms with Crippen molar-refractivity contribution in [3.05, 3.63) is 64.7 Å². The van der Waals surface area contributed by atoms with Gasteiger partial charge in [0.2, 0.25) is 11.8 Å². The molecule has 170 valence electrons. The topological polar surface area (TPSA) is 120 Å². The zero-order valence-electron chi connectivity index (χ0n) is 17.7. The Morgan fingerprint density at radius 3 is 2.55 bits per heavy atom. The largest absolute Gasteiger partial charge is 0.315 e. The predicted molar refractivity (Wildman–Crippen MR) is 114 cm³/mol. The van der Waals surface area contributed by atoms with Gasteiger partial charge in [0.25, 0.3) is 11.8 Å². The number of hydrogen-bond donors (Lipinski definition) is 3. The highest BCUT2D eigenvalue weighted by molar-refractivity contribution is 6.23. The first kappa shape index (κ1) is 21.4. The number of benzene rings is 1. The molecule has 1 unspecified atom stereocenters. The van der Waals surface area contributed by atoms with E-state index in [1.165, 1.54) is 12.3 Å². The third-order valence-electron chi connectivity index (χ3n) is 6.49. The van der Waals surface area contributed by atoms with Crippen molar-refractivity contribution in [3.63, 3.8) is 0 Å². The molecule has 3 aliphatic heterocycles. The smallest absolute Gasteiger partial charge is 0.262 e. The van der Waals surface area contributed by atoms with Crippen LogP contribution in [0.5, 0.6) is 0 Å². The van der Waals surface area contributed by atoms with Gasteiger partial charge < -0.3 is 10.6 Å². The molecule has 4 heterocycles. The summed E-state index contributed by atoms with van der Waals surface area (Å²) in [7, 11) is 0. The van der Waals surface area contributed by atoms with Gasteiger partial charge in [-0.3, -0.25) is 34.4 Å². The maximum absolute atomic E-state index is 13.2. The lowest BCUT2D eigenvalue weighted by molar-refractivity contribution is -0.136. The van der Waals surface area contributed by atoms with Gasteiger partial charge in [0.1, 0.15) is 11.9 Å². The summed E-state index contributed by atoms with van der Waals surface area (Å²) >= 11 is 0. The number of halogens is 1. The van der Waals surface area contributed by atoms with Gasteiger partial charge >= 0.3 is 0 Å². The van der Waals surface area contributed by atoms with Crippen LogP contribution in [0.4, 0.5) is 4.39 Å². The maximum Gasteiger partial charge on any atom is 0.262 e. The minimum Gasteiger partial charge on any atom is -0.315 e. The summed E-state index contributed by atoms with van der Waals surface area (Å²) in [5, 5.41) is 8.80. The molecule has 1 aromatic heterocycles. The van der Waals surface area contributed by atoms with Crippen molar-refractivity contribution in [2.45, 2.75) is 30.8 Å². The molecule has 2 fully saturated rings. The number of rotatable bonds is 6. The van der Waals surface area contributed by atoms with Crippen LogP contribution >= 0.6 is 0 Å². The van der Waals surface area contributed by atoms with E-state index in [4.69, 9.17) is 0 Å². The van der Waals surface area contributed by atoms with Gasteiger partial charge in [0.15, 0.2) is 0 Å². The molecule has 2 aromatic rings. The number of pyridine rings is 1. The SMILES string of the molecule is O=C1CCC(N2C(=O)c3ccc(CNCC4(c5ccc(F)cn5)CNC4)cc3C2=O)C(=O)N1. The first-order valence-corrected chi connectivity index (χ1v) is 10.8. The lowest BCUT2D eigenvalue weighted by Crippen LogP contribution is -2.61. The Kier molecular flexibility index (Phi) is 5.26. The molecule has 3 N–H and O–H groups in total. The molecular formula is C23H22FN5O4. The number of amides is 4. The van der Waals surface area contributed by atoms with Gasteiger partial charge in [0.05, 0.1) is 23.0 Å². The summed E-state index contributed by atoms with van der Waals surface area (Å²) in [4.78, 5) is 54.5. The number of imide groups is 2. The van der Waals surface area contributed by atoms with E-state index in [1.54, 1.807) is 24.3 Å². The second kappa shape index (κ2) is 8.13. The fourth-order valence-electron chi connectivity index (χ4n) is 4.59. The molecule has 0 spiro atoms. The molecule has 5 rings (SSSR count). The highest BCUT2D eigenvalue weighted by Gasteiger charge is 2.44. The van der Waals surface area contributed by atoms with Crippen molar-refractivity contribution in [2.75, 3.05) is 19.6 Å².